The number of hydrogen-bond donors (Lipinski definition) is 1. The van der Waals surface area contributed by atoms with Crippen LogP contribution in [-0.2, 0) is 20.9 Å². The second-order valence-corrected chi connectivity index (χ2v) is 6.37. The molecule has 1 N–H and O–H groups in total. The van der Waals surface area contributed by atoms with E-state index in [1.54, 1.807) is 17.0 Å². The summed E-state index contributed by atoms with van der Waals surface area (Å²) in [5, 5.41) is 13.8. The number of esters is 1. The predicted molar refractivity (Wildman–Crippen MR) is 88.7 cm³/mol. The zero-order valence-corrected chi connectivity index (χ0v) is 13.8. The number of nitrogens with zero attached hydrogens (tertiary/aromatic N) is 2. The van der Waals surface area contributed by atoms with Crippen LogP contribution in [0, 0.1) is 10.1 Å². The molecule has 2 saturated heterocycles. The molecule has 0 saturated carbocycles. The van der Waals surface area contributed by atoms with Crippen molar-refractivity contribution in [3.63, 3.8) is 0 Å². The number of amides is 1. The van der Waals surface area contributed by atoms with Crippen LogP contribution >= 0.6 is 0 Å². The number of benzene rings is 1. The molecular formula is C17H21N3O5. The van der Waals surface area contributed by atoms with E-state index >= 15 is 0 Å². The lowest BCUT2D eigenvalue weighted by molar-refractivity contribution is -0.384. The second kappa shape index (κ2) is 7.60. The Morgan fingerprint density at radius 2 is 2.00 bits per heavy atom. The summed E-state index contributed by atoms with van der Waals surface area (Å²) in [4.78, 5) is 36.7. The van der Waals surface area contributed by atoms with Crippen molar-refractivity contribution in [1.29, 1.82) is 0 Å². The minimum Gasteiger partial charge on any atom is -0.459 e. The smallest absolute Gasteiger partial charge is 0.329 e. The van der Waals surface area contributed by atoms with Crippen molar-refractivity contribution >= 4 is 17.6 Å². The summed E-state index contributed by atoms with van der Waals surface area (Å²) in [5.74, 6) is -0.436. The first-order chi connectivity index (χ1) is 12.1. The highest BCUT2D eigenvalue weighted by Crippen LogP contribution is 2.22. The van der Waals surface area contributed by atoms with Crippen molar-refractivity contribution in [1.82, 2.24) is 10.2 Å². The first kappa shape index (κ1) is 17.3. The van der Waals surface area contributed by atoms with E-state index in [0.29, 0.717) is 18.5 Å². The van der Waals surface area contributed by atoms with E-state index in [9.17, 15) is 19.7 Å². The van der Waals surface area contributed by atoms with E-state index in [1.165, 1.54) is 12.1 Å². The van der Waals surface area contributed by atoms with Gasteiger partial charge >= 0.3 is 5.97 Å². The molecule has 134 valence electrons. The minimum atomic E-state index is -0.534. The molecule has 0 bridgehead atoms. The van der Waals surface area contributed by atoms with E-state index in [0.717, 1.165) is 25.8 Å². The molecule has 3 rings (SSSR count). The Hall–Kier alpha value is -2.48. The fraction of sp³-hybridized carbons (Fsp3) is 0.529. The van der Waals surface area contributed by atoms with Crippen LogP contribution in [-0.4, -0.2) is 46.9 Å². The molecule has 8 heteroatoms. The van der Waals surface area contributed by atoms with Crippen molar-refractivity contribution in [3.05, 3.63) is 39.9 Å². The van der Waals surface area contributed by atoms with E-state index in [-0.39, 0.29) is 24.2 Å². The Morgan fingerprint density at radius 3 is 2.64 bits per heavy atom. The van der Waals surface area contributed by atoms with Gasteiger partial charge in [0.05, 0.1) is 11.0 Å². The number of nitro benzene ring substituents is 1. The molecule has 2 heterocycles. The number of ether oxygens (including phenoxy) is 1. The van der Waals surface area contributed by atoms with Crippen LogP contribution in [0.5, 0.6) is 0 Å². The normalized spacial score (nSPS) is 22.8. The Morgan fingerprint density at radius 1 is 1.24 bits per heavy atom. The summed E-state index contributed by atoms with van der Waals surface area (Å²) in [7, 11) is 0. The van der Waals surface area contributed by atoms with Gasteiger partial charge in [-0.05, 0) is 49.9 Å². The number of non-ortho nitro benzene ring substituents is 1. The van der Waals surface area contributed by atoms with Crippen molar-refractivity contribution in [2.75, 3.05) is 13.1 Å². The highest BCUT2D eigenvalue weighted by molar-refractivity contribution is 5.88. The largest absolute Gasteiger partial charge is 0.459 e. The summed E-state index contributed by atoms with van der Waals surface area (Å²) >= 11 is 0. The lowest BCUT2D eigenvalue weighted by Gasteiger charge is -2.26. The number of rotatable bonds is 5. The van der Waals surface area contributed by atoms with Crippen molar-refractivity contribution in [2.24, 2.45) is 0 Å². The SMILES string of the molecule is O=C(OCc1ccc([N+](=O)[O-])cc1)[C@@H]1CCCN1C(=O)[C@@H]1CCCN1. The van der Waals surface area contributed by atoms with Gasteiger partial charge in [-0.25, -0.2) is 4.79 Å². The molecule has 0 spiro atoms. The monoisotopic (exact) mass is 347 g/mol. The number of nitrogens with one attached hydrogen (secondary N) is 1. The van der Waals surface area contributed by atoms with Crippen molar-refractivity contribution in [2.45, 2.75) is 44.4 Å². The molecule has 0 unspecified atom stereocenters. The third-order valence-electron chi connectivity index (χ3n) is 4.69. The van der Waals surface area contributed by atoms with Gasteiger partial charge in [-0.15, -0.1) is 0 Å². The first-order valence-corrected chi connectivity index (χ1v) is 8.50. The fourth-order valence-electron chi connectivity index (χ4n) is 3.34. The van der Waals surface area contributed by atoms with Gasteiger partial charge in [-0.3, -0.25) is 14.9 Å². The van der Waals surface area contributed by atoms with Gasteiger partial charge < -0.3 is 15.0 Å². The van der Waals surface area contributed by atoms with Gasteiger partial charge in [0.25, 0.3) is 5.69 Å². The van der Waals surface area contributed by atoms with Crippen LogP contribution in [0.1, 0.15) is 31.2 Å². The molecule has 0 aliphatic carbocycles. The molecule has 8 nitrogen and oxygen atoms in total. The molecule has 1 aromatic rings. The molecule has 1 amide bonds. The summed E-state index contributed by atoms with van der Waals surface area (Å²) in [6.07, 6.45) is 3.17. The Kier molecular flexibility index (Phi) is 5.28. The van der Waals surface area contributed by atoms with Gasteiger partial charge in [-0.2, -0.15) is 0 Å². The van der Waals surface area contributed by atoms with Gasteiger partial charge in [0.2, 0.25) is 5.91 Å². The number of hydrogen-bond acceptors (Lipinski definition) is 6. The predicted octanol–water partition coefficient (Wildman–Crippen LogP) is 1.38. The molecule has 0 aromatic heterocycles. The number of likely N-dealkylation sites (tertiary alicyclic amines) is 1. The first-order valence-electron chi connectivity index (χ1n) is 8.50. The van der Waals surface area contributed by atoms with E-state index in [4.69, 9.17) is 4.74 Å². The van der Waals surface area contributed by atoms with Crippen LogP contribution in [0.2, 0.25) is 0 Å². The van der Waals surface area contributed by atoms with Crippen molar-refractivity contribution < 1.29 is 19.2 Å². The quantitative estimate of drug-likeness (QED) is 0.490. The maximum atomic E-state index is 12.5. The summed E-state index contributed by atoms with van der Waals surface area (Å²) in [6, 6.07) is 5.15. The van der Waals surface area contributed by atoms with Gasteiger partial charge in [0.15, 0.2) is 0 Å². The highest BCUT2D eigenvalue weighted by Gasteiger charge is 2.38. The molecule has 2 aliphatic heterocycles. The topological polar surface area (TPSA) is 102 Å². The third-order valence-corrected chi connectivity index (χ3v) is 4.69. The van der Waals surface area contributed by atoms with Gasteiger partial charge in [-0.1, -0.05) is 0 Å². The zero-order valence-electron chi connectivity index (χ0n) is 13.8. The number of carbonyl (C=O) groups is 2. The van der Waals surface area contributed by atoms with Crippen molar-refractivity contribution in [3.8, 4) is 0 Å². The highest BCUT2D eigenvalue weighted by atomic mass is 16.6. The Labute approximate surface area is 145 Å². The molecule has 2 atom stereocenters. The molecular weight excluding hydrogens is 326 g/mol. The summed E-state index contributed by atoms with van der Waals surface area (Å²) in [6.45, 7) is 1.45. The Bertz CT molecular complexity index is 655. The number of carbonyl (C=O) groups excluding carboxylic acids is 2. The fourth-order valence-corrected chi connectivity index (χ4v) is 3.34. The maximum absolute atomic E-state index is 12.5. The minimum absolute atomic E-state index is 0.00768. The average molecular weight is 347 g/mol. The molecule has 0 radical (unpaired) electrons. The number of nitro groups is 1. The van der Waals surface area contributed by atoms with Crippen LogP contribution in [0.15, 0.2) is 24.3 Å². The Balaban J connectivity index is 1.56. The van der Waals surface area contributed by atoms with Crippen LogP contribution in [0.3, 0.4) is 0 Å². The second-order valence-electron chi connectivity index (χ2n) is 6.37. The van der Waals surface area contributed by atoms with E-state index in [2.05, 4.69) is 5.32 Å². The molecule has 1 aromatic carbocycles. The third kappa shape index (κ3) is 3.96. The molecule has 2 aliphatic rings. The van der Waals surface area contributed by atoms with Crippen LogP contribution < -0.4 is 5.32 Å². The lowest BCUT2D eigenvalue weighted by Crippen LogP contribution is -2.48. The van der Waals surface area contributed by atoms with Gasteiger partial charge in [0, 0.05) is 18.7 Å². The summed E-state index contributed by atoms with van der Waals surface area (Å²) < 4.78 is 5.33. The zero-order chi connectivity index (χ0) is 17.8. The summed E-state index contributed by atoms with van der Waals surface area (Å²) in [5.41, 5.74) is 0.666. The molecule has 2 fully saturated rings. The van der Waals surface area contributed by atoms with E-state index in [1.807, 2.05) is 0 Å². The average Bonchev–Trinajstić information content (AvgIpc) is 3.30. The maximum Gasteiger partial charge on any atom is 0.329 e. The lowest BCUT2D eigenvalue weighted by atomic mass is 10.1. The molecule has 25 heavy (non-hydrogen) atoms. The standard InChI is InChI=1S/C17H21N3O5/c21-16(14-3-1-9-18-14)19-10-2-4-15(19)17(22)25-11-12-5-7-13(8-6-12)20(23)24/h5-8,14-15,18H,1-4,9-11H2/t14-,15-/m0/s1. The van der Waals surface area contributed by atoms with E-state index < -0.39 is 16.9 Å². The van der Waals surface area contributed by atoms with Crippen LogP contribution in [0.4, 0.5) is 5.69 Å². The van der Waals surface area contributed by atoms with Gasteiger partial charge in [0.1, 0.15) is 12.6 Å². The van der Waals surface area contributed by atoms with Crippen LogP contribution in [0.25, 0.3) is 0 Å².